The molecule has 3 nitrogen and oxygen atoms in total. The minimum absolute atomic E-state index is 0.212. The second-order valence-electron chi connectivity index (χ2n) is 4.45. The molecule has 2 rings (SSSR count). The zero-order valence-electron chi connectivity index (χ0n) is 10.7. The van der Waals surface area contributed by atoms with E-state index in [2.05, 4.69) is 36.3 Å². The molecular weight excluding hydrogens is 301 g/mol. The number of rotatable bonds is 4. The molecule has 2 heterocycles. The number of nitrogens with one attached hydrogen (secondary N) is 1. The van der Waals surface area contributed by atoms with Crippen LogP contribution >= 0.6 is 34.5 Å². The lowest BCUT2D eigenvalue weighted by atomic mass is 10.2. The van der Waals surface area contributed by atoms with Crippen molar-refractivity contribution >= 4 is 46.2 Å². The van der Waals surface area contributed by atoms with E-state index in [9.17, 15) is 0 Å². The molecule has 0 fully saturated rings. The summed E-state index contributed by atoms with van der Waals surface area (Å²) >= 11 is 13.7. The molecule has 6 heteroatoms. The van der Waals surface area contributed by atoms with Crippen LogP contribution in [0, 0.1) is 6.92 Å². The van der Waals surface area contributed by atoms with Crippen LogP contribution in [-0.2, 0) is 6.42 Å². The Hall–Kier alpha value is -0.970. The monoisotopic (exact) mass is 315 g/mol. The zero-order valence-corrected chi connectivity index (χ0v) is 13.0. The molecular formula is C13H15Cl2N3S. The Bertz CT molecular complexity index is 583. The van der Waals surface area contributed by atoms with Gasteiger partial charge in [0.25, 0.3) is 0 Å². The zero-order chi connectivity index (χ0) is 14.0. The molecule has 0 aromatic carbocycles. The van der Waals surface area contributed by atoms with Gasteiger partial charge in [-0.05, 0) is 32.0 Å². The van der Waals surface area contributed by atoms with Gasteiger partial charge in [-0.1, -0.05) is 23.2 Å². The van der Waals surface area contributed by atoms with Crippen molar-refractivity contribution in [2.75, 3.05) is 11.1 Å². The van der Waals surface area contributed by atoms with Gasteiger partial charge in [0.05, 0.1) is 10.0 Å². The summed E-state index contributed by atoms with van der Waals surface area (Å²) in [6.07, 6.45) is 0.916. The summed E-state index contributed by atoms with van der Waals surface area (Å²) in [5.74, 6) is 0.858. The van der Waals surface area contributed by atoms with Crippen molar-refractivity contribution in [2.24, 2.45) is 0 Å². The summed E-state index contributed by atoms with van der Waals surface area (Å²) in [5.41, 5.74) is 5.68. The number of halogens is 2. The van der Waals surface area contributed by atoms with E-state index in [0.717, 1.165) is 6.42 Å². The lowest BCUT2D eigenvalue weighted by molar-refractivity contribution is 0.795. The van der Waals surface area contributed by atoms with Crippen LogP contribution in [0.25, 0.3) is 0 Å². The number of hydrogen-bond acceptors (Lipinski definition) is 4. The van der Waals surface area contributed by atoms with Gasteiger partial charge in [-0.25, -0.2) is 4.98 Å². The molecule has 0 saturated carbocycles. The van der Waals surface area contributed by atoms with E-state index in [1.807, 2.05) is 0 Å². The van der Waals surface area contributed by atoms with Gasteiger partial charge in [0.2, 0.25) is 0 Å². The molecule has 0 bridgehead atoms. The van der Waals surface area contributed by atoms with Crippen molar-refractivity contribution in [3.05, 3.63) is 38.0 Å². The lowest BCUT2D eigenvalue weighted by Gasteiger charge is -2.15. The SMILES string of the molecule is Cc1ccc(CC(C)Nc2nc(N)c(Cl)cc2Cl)s1. The van der Waals surface area contributed by atoms with Crippen LogP contribution in [0.5, 0.6) is 0 Å². The first-order chi connectivity index (χ1) is 8.95. The number of aromatic nitrogens is 1. The molecule has 0 radical (unpaired) electrons. The fraction of sp³-hybridized carbons (Fsp3) is 0.308. The van der Waals surface area contributed by atoms with Gasteiger partial charge < -0.3 is 11.1 Å². The molecule has 19 heavy (non-hydrogen) atoms. The molecule has 2 aromatic rings. The third-order valence-corrected chi connectivity index (χ3v) is 4.26. The van der Waals surface area contributed by atoms with E-state index in [4.69, 9.17) is 28.9 Å². The van der Waals surface area contributed by atoms with Gasteiger partial charge >= 0.3 is 0 Å². The van der Waals surface area contributed by atoms with Crippen LogP contribution in [0.3, 0.4) is 0 Å². The highest BCUT2D eigenvalue weighted by Crippen LogP contribution is 2.28. The van der Waals surface area contributed by atoms with Crippen LogP contribution in [0.4, 0.5) is 11.6 Å². The lowest BCUT2D eigenvalue weighted by Crippen LogP contribution is -2.19. The summed E-state index contributed by atoms with van der Waals surface area (Å²) < 4.78 is 0. The van der Waals surface area contributed by atoms with Gasteiger partial charge in [0.15, 0.2) is 0 Å². The molecule has 0 saturated heterocycles. The summed E-state index contributed by atoms with van der Waals surface area (Å²) in [6.45, 7) is 4.18. The van der Waals surface area contributed by atoms with Gasteiger partial charge in [0, 0.05) is 22.2 Å². The van der Waals surface area contributed by atoms with E-state index < -0.39 is 0 Å². The standard InChI is InChI=1S/C13H15Cl2N3S/c1-7(5-9-4-3-8(2)19-9)17-13-11(15)6-10(14)12(16)18-13/h3-4,6-7H,5H2,1-2H3,(H3,16,17,18). The molecule has 1 unspecified atom stereocenters. The average Bonchev–Trinajstić information content (AvgIpc) is 2.71. The van der Waals surface area contributed by atoms with Crippen LogP contribution in [0.2, 0.25) is 10.0 Å². The van der Waals surface area contributed by atoms with Gasteiger partial charge in [-0.15, -0.1) is 11.3 Å². The maximum absolute atomic E-state index is 6.09. The number of nitrogens with zero attached hydrogens (tertiary/aromatic N) is 1. The predicted molar refractivity (Wildman–Crippen MR) is 84.5 cm³/mol. The number of pyridine rings is 1. The number of hydrogen-bond donors (Lipinski definition) is 2. The molecule has 1 atom stereocenters. The van der Waals surface area contributed by atoms with Crippen LogP contribution in [0.15, 0.2) is 18.2 Å². The Balaban J connectivity index is 2.06. The second-order valence-corrected chi connectivity index (χ2v) is 6.63. The molecule has 2 aromatic heterocycles. The summed E-state index contributed by atoms with van der Waals surface area (Å²) in [5, 5.41) is 4.11. The number of thiophene rings is 1. The molecule has 0 aliphatic carbocycles. The van der Waals surface area contributed by atoms with E-state index >= 15 is 0 Å². The fourth-order valence-electron chi connectivity index (χ4n) is 1.76. The molecule has 0 amide bonds. The highest BCUT2D eigenvalue weighted by molar-refractivity contribution is 7.11. The topological polar surface area (TPSA) is 50.9 Å². The van der Waals surface area contributed by atoms with Crippen molar-refractivity contribution < 1.29 is 0 Å². The molecule has 0 aliphatic heterocycles. The van der Waals surface area contributed by atoms with E-state index in [1.165, 1.54) is 9.75 Å². The quantitative estimate of drug-likeness (QED) is 0.880. The number of aryl methyl sites for hydroxylation is 1. The third-order valence-electron chi connectivity index (χ3n) is 2.64. The summed E-state index contributed by atoms with van der Waals surface area (Å²) in [7, 11) is 0. The van der Waals surface area contributed by atoms with Crippen LogP contribution in [0.1, 0.15) is 16.7 Å². The first-order valence-electron chi connectivity index (χ1n) is 5.89. The minimum atomic E-state index is 0.212. The Kier molecular flexibility index (Phi) is 4.55. The highest BCUT2D eigenvalue weighted by atomic mass is 35.5. The first-order valence-corrected chi connectivity index (χ1v) is 7.46. The Morgan fingerprint density at radius 1 is 1.37 bits per heavy atom. The van der Waals surface area contributed by atoms with Crippen molar-refractivity contribution in [2.45, 2.75) is 26.3 Å². The number of anilines is 2. The third kappa shape index (κ3) is 3.75. The van der Waals surface area contributed by atoms with Crippen molar-refractivity contribution in [3.8, 4) is 0 Å². The predicted octanol–water partition coefficient (Wildman–Crippen LogP) is 4.38. The van der Waals surface area contributed by atoms with Crippen LogP contribution in [-0.4, -0.2) is 11.0 Å². The number of nitrogens with two attached hydrogens (primary N) is 1. The van der Waals surface area contributed by atoms with E-state index in [0.29, 0.717) is 15.9 Å². The summed E-state index contributed by atoms with van der Waals surface area (Å²) in [6, 6.07) is 6.08. The maximum atomic E-state index is 6.09. The van der Waals surface area contributed by atoms with Crippen LogP contribution < -0.4 is 11.1 Å². The van der Waals surface area contributed by atoms with Crippen molar-refractivity contribution in [1.82, 2.24) is 4.98 Å². The van der Waals surface area contributed by atoms with E-state index in [1.54, 1.807) is 17.4 Å². The van der Waals surface area contributed by atoms with Gasteiger partial charge in [-0.2, -0.15) is 0 Å². The normalized spacial score (nSPS) is 12.4. The first kappa shape index (κ1) is 14.4. The minimum Gasteiger partial charge on any atom is -0.382 e. The summed E-state index contributed by atoms with van der Waals surface area (Å²) in [4.78, 5) is 6.81. The molecule has 0 spiro atoms. The smallest absolute Gasteiger partial charge is 0.147 e. The van der Waals surface area contributed by atoms with Crippen molar-refractivity contribution in [3.63, 3.8) is 0 Å². The molecule has 0 aliphatic rings. The Labute approximate surface area is 126 Å². The largest absolute Gasteiger partial charge is 0.382 e. The number of nitrogen functional groups attached to an aromatic ring is 1. The average molecular weight is 316 g/mol. The highest BCUT2D eigenvalue weighted by Gasteiger charge is 2.11. The van der Waals surface area contributed by atoms with E-state index in [-0.39, 0.29) is 11.9 Å². The molecule has 102 valence electrons. The maximum Gasteiger partial charge on any atom is 0.147 e. The Morgan fingerprint density at radius 3 is 2.74 bits per heavy atom. The fourth-order valence-corrected chi connectivity index (χ4v) is 3.20. The second kappa shape index (κ2) is 5.99. The Morgan fingerprint density at radius 2 is 2.11 bits per heavy atom. The van der Waals surface area contributed by atoms with Crippen molar-refractivity contribution in [1.29, 1.82) is 0 Å². The van der Waals surface area contributed by atoms with Gasteiger partial charge in [-0.3, -0.25) is 0 Å². The molecule has 3 N–H and O–H groups in total. The van der Waals surface area contributed by atoms with Gasteiger partial charge in [0.1, 0.15) is 11.6 Å².